The number of amides is 2. The van der Waals surface area contributed by atoms with Gasteiger partial charge in [-0.3, -0.25) is 14.4 Å². The Labute approximate surface area is 239 Å². The number of aliphatic hydroxyl groups is 2. The molecule has 6 atom stereocenters. The zero-order valence-electron chi connectivity index (χ0n) is 24.4. The number of fused-ring (bicyclic) bond motifs is 1. The van der Waals surface area contributed by atoms with Gasteiger partial charge in [0.05, 0.1) is 19.3 Å². The number of ether oxygens (including phenoxy) is 4. The molecule has 0 saturated heterocycles. The summed E-state index contributed by atoms with van der Waals surface area (Å²) in [5.41, 5.74) is 5.50. The van der Waals surface area contributed by atoms with Crippen LogP contribution in [0.4, 0.5) is 4.79 Å². The first-order chi connectivity index (χ1) is 19.3. The monoisotopic (exact) mass is 576 g/mol. The zero-order valence-corrected chi connectivity index (χ0v) is 24.4. The van der Waals surface area contributed by atoms with Crippen LogP contribution < -0.4 is 11.1 Å². The second kappa shape index (κ2) is 14.8. The molecule has 226 valence electrons. The van der Waals surface area contributed by atoms with Crippen LogP contribution in [0.3, 0.4) is 0 Å². The maximum atomic E-state index is 12.9. The van der Waals surface area contributed by atoms with Gasteiger partial charge in [0, 0.05) is 31.3 Å². The van der Waals surface area contributed by atoms with Gasteiger partial charge in [0.1, 0.15) is 17.6 Å². The van der Waals surface area contributed by atoms with Gasteiger partial charge in [-0.1, -0.05) is 38.2 Å². The van der Waals surface area contributed by atoms with Crippen molar-refractivity contribution in [3.8, 4) is 0 Å². The SMILES string of the molecule is COC1=C2C[C@H](C)C[C@H](OC)[C@H](O)[C@H](C)/C=C(/C)[C@H](OC(N)=O)[C@H](OC)/C=C\C=C(/C)C(=O)NC(=C2O)C(=O)C1=O. The van der Waals surface area contributed by atoms with Crippen LogP contribution in [0.2, 0.25) is 0 Å². The van der Waals surface area contributed by atoms with E-state index >= 15 is 0 Å². The fraction of sp³-hybridized carbons (Fsp3) is 0.517. The summed E-state index contributed by atoms with van der Waals surface area (Å²) in [5, 5.41) is 24.5. The van der Waals surface area contributed by atoms with Crippen molar-refractivity contribution in [2.24, 2.45) is 17.6 Å². The van der Waals surface area contributed by atoms with Crippen molar-refractivity contribution < 1.29 is 48.3 Å². The van der Waals surface area contributed by atoms with E-state index < -0.39 is 65.4 Å². The van der Waals surface area contributed by atoms with E-state index in [9.17, 15) is 29.4 Å². The Morgan fingerprint density at radius 1 is 1.07 bits per heavy atom. The molecule has 1 heterocycles. The van der Waals surface area contributed by atoms with Crippen LogP contribution in [-0.4, -0.2) is 79.5 Å². The van der Waals surface area contributed by atoms with Gasteiger partial charge in [-0.25, -0.2) is 4.79 Å². The molecule has 0 aromatic rings. The van der Waals surface area contributed by atoms with Gasteiger partial charge in [-0.05, 0) is 38.2 Å². The zero-order chi connectivity index (χ0) is 31.0. The van der Waals surface area contributed by atoms with E-state index in [-0.39, 0.29) is 29.2 Å². The summed E-state index contributed by atoms with van der Waals surface area (Å²) in [6, 6.07) is 0. The first-order valence-corrected chi connectivity index (χ1v) is 13.1. The number of rotatable bonds is 4. The Morgan fingerprint density at radius 3 is 2.29 bits per heavy atom. The average Bonchev–Trinajstić information content (AvgIpc) is 2.92. The number of nitrogens with two attached hydrogens (primary N) is 1. The Bertz CT molecular complexity index is 1200. The largest absolute Gasteiger partial charge is 0.505 e. The number of hydrogen-bond acceptors (Lipinski definition) is 10. The predicted octanol–water partition coefficient (Wildman–Crippen LogP) is 2.29. The van der Waals surface area contributed by atoms with Gasteiger partial charge in [-0.15, -0.1) is 0 Å². The molecule has 12 nitrogen and oxygen atoms in total. The number of aliphatic hydroxyl groups excluding tert-OH is 2. The second-order valence-corrected chi connectivity index (χ2v) is 10.2. The van der Waals surface area contributed by atoms with Crippen molar-refractivity contribution in [3.05, 3.63) is 58.2 Å². The lowest BCUT2D eigenvalue weighted by Crippen LogP contribution is -2.38. The molecule has 0 saturated carbocycles. The molecule has 2 amide bonds. The number of carbonyl (C=O) groups is 4. The van der Waals surface area contributed by atoms with Crippen molar-refractivity contribution >= 4 is 23.6 Å². The molecule has 0 spiro atoms. The molecule has 2 rings (SSSR count). The van der Waals surface area contributed by atoms with Crippen LogP contribution >= 0.6 is 0 Å². The molecule has 1 aliphatic carbocycles. The third-order valence-electron chi connectivity index (χ3n) is 7.08. The Hall–Kier alpha value is -3.74. The smallest absolute Gasteiger partial charge is 0.405 e. The van der Waals surface area contributed by atoms with Crippen LogP contribution in [0, 0.1) is 11.8 Å². The molecule has 0 aromatic carbocycles. The highest BCUT2D eigenvalue weighted by atomic mass is 16.6. The number of hydrogen-bond donors (Lipinski definition) is 4. The number of ketones is 2. The quantitative estimate of drug-likeness (QED) is 0.220. The lowest BCUT2D eigenvalue weighted by Gasteiger charge is -2.30. The first kappa shape index (κ1) is 33.5. The summed E-state index contributed by atoms with van der Waals surface area (Å²) in [5.74, 6) is -4.51. The number of carbonyl (C=O) groups excluding carboxylic acids is 4. The van der Waals surface area contributed by atoms with E-state index in [1.165, 1.54) is 46.5 Å². The Balaban J connectivity index is 2.67. The number of nitrogens with one attached hydrogen (secondary N) is 1. The number of Topliss-reactive ketones (excluding diaryl/α,β-unsaturated/α-hetero) is 2. The highest BCUT2D eigenvalue weighted by Gasteiger charge is 2.38. The molecular weight excluding hydrogens is 536 g/mol. The first-order valence-electron chi connectivity index (χ1n) is 13.1. The summed E-state index contributed by atoms with van der Waals surface area (Å²) in [7, 11) is 4.07. The topological polar surface area (TPSA) is 184 Å². The third kappa shape index (κ3) is 8.15. The van der Waals surface area contributed by atoms with E-state index in [0.717, 1.165) is 0 Å². The van der Waals surface area contributed by atoms with Gasteiger partial charge in [-0.2, -0.15) is 0 Å². The van der Waals surface area contributed by atoms with Gasteiger partial charge in [0.15, 0.2) is 11.9 Å². The minimum Gasteiger partial charge on any atom is -0.505 e. The maximum Gasteiger partial charge on any atom is 0.405 e. The van der Waals surface area contributed by atoms with Crippen molar-refractivity contribution in [2.45, 2.75) is 65.0 Å². The molecule has 0 radical (unpaired) electrons. The van der Waals surface area contributed by atoms with Gasteiger partial charge in [0.2, 0.25) is 0 Å². The lowest BCUT2D eigenvalue weighted by atomic mass is 9.85. The molecule has 2 aliphatic rings. The van der Waals surface area contributed by atoms with E-state index in [0.29, 0.717) is 12.0 Å². The van der Waals surface area contributed by atoms with Gasteiger partial charge in [0.25, 0.3) is 17.5 Å². The summed E-state index contributed by atoms with van der Waals surface area (Å²) >= 11 is 0. The number of allylic oxidation sites excluding steroid dienone is 5. The summed E-state index contributed by atoms with van der Waals surface area (Å²) in [6.45, 7) is 6.76. The molecule has 5 N–H and O–H groups in total. The summed E-state index contributed by atoms with van der Waals surface area (Å²) in [4.78, 5) is 50.2. The third-order valence-corrected chi connectivity index (χ3v) is 7.08. The van der Waals surface area contributed by atoms with Crippen molar-refractivity contribution in [1.82, 2.24) is 5.32 Å². The van der Waals surface area contributed by atoms with Gasteiger partial charge >= 0.3 is 6.09 Å². The van der Waals surface area contributed by atoms with Crippen molar-refractivity contribution in [2.75, 3.05) is 21.3 Å². The minimum absolute atomic E-state index is 0.0573. The normalized spacial score (nSPS) is 32.4. The average molecular weight is 577 g/mol. The highest BCUT2D eigenvalue weighted by molar-refractivity contribution is 6.50. The second-order valence-electron chi connectivity index (χ2n) is 10.2. The summed E-state index contributed by atoms with van der Waals surface area (Å²) in [6.07, 6.45) is 2.06. The van der Waals surface area contributed by atoms with Crippen LogP contribution in [0.1, 0.15) is 40.5 Å². The van der Waals surface area contributed by atoms with E-state index in [1.807, 2.05) is 6.92 Å². The fourth-order valence-corrected chi connectivity index (χ4v) is 4.84. The molecule has 0 fully saturated rings. The van der Waals surface area contributed by atoms with E-state index in [1.54, 1.807) is 19.9 Å². The van der Waals surface area contributed by atoms with E-state index in [4.69, 9.17) is 24.7 Å². The van der Waals surface area contributed by atoms with Crippen LogP contribution in [0.5, 0.6) is 0 Å². The molecule has 41 heavy (non-hydrogen) atoms. The highest BCUT2D eigenvalue weighted by Crippen LogP contribution is 2.32. The Kier molecular flexibility index (Phi) is 12.1. The molecule has 12 heteroatoms. The Morgan fingerprint density at radius 2 is 1.73 bits per heavy atom. The van der Waals surface area contributed by atoms with E-state index in [2.05, 4.69) is 5.32 Å². The predicted molar refractivity (Wildman–Crippen MR) is 148 cm³/mol. The van der Waals surface area contributed by atoms with Crippen LogP contribution in [0.25, 0.3) is 0 Å². The molecule has 2 bridgehead atoms. The molecule has 0 aromatic heterocycles. The fourth-order valence-electron chi connectivity index (χ4n) is 4.84. The summed E-state index contributed by atoms with van der Waals surface area (Å²) < 4.78 is 21.6. The maximum absolute atomic E-state index is 12.9. The molecule has 1 aliphatic heterocycles. The number of primary amides is 1. The van der Waals surface area contributed by atoms with Gasteiger partial charge < -0.3 is 40.2 Å². The molecule has 0 unspecified atom stereocenters. The molecular formula is C29H40N2O10. The van der Waals surface area contributed by atoms with Crippen LogP contribution in [-0.2, 0) is 33.3 Å². The van der Waals surface area contributed by atoms with Crippen LogP contribution in [0.15, 0.2) is 58.2 Å². The number of methoxy groups -OCH3 is 3. The van der Waals surface area contributed by atoms with Crippen molar-refractivity contribution in [1.29, 1.82) is 0 Å². The lowest BCUT2D eigenvalue weighted by molar-refractivity contribution is -0.135. The standard InChI is InChI=1S/C29H40N2O10/c1-14-11-18-23(33)21(24(34)25(35)27(18)40-7)31-28(36)15(2)9-8-10-19(38-5)26(41-29(30)37)17(4)13-16(3)22(32)20(12-14)39-6/h8-10,13-14,16,19-20,22,26,32-33H,11-12H2,1-7H3,(H2,30,37)(H,31,36)/b10-8-,15-9+,17-13-/t14-,16+,19+,20-,22+,26-/m0/s1. The minimum atomic E-state index is -1.12. The van der Waals surface area contributed by atoms with Crippen molar-refractivity contribution in [3.63, 3.8) is 0 Å².